The first kappa shape index (κ1) is 25.5. The summed E-state index contributed by atoms with van der Waals surface area (Å²) in [7, 11) is 0. The molecule has 0 aromatic heterocycles. The Labute approximate surface area is 202 Å². The van der Waals surface area contributed by atoms with E-state index in [1.54, 1.807) is 12.1 Å². The fourth-order valence-corrected chi connectivity index (χ4v) is 4.45. The number of hydrogen-bond acceptors (Lipinski definition) is 5. The van der Waals surface area contributed by atoms with E-state index in [1.165, 1.54) is 54.4 Å². The van der Waals surface area contributed by atoms with E-state index in [1.807, 2.05) is 6.08 Å². The number of para-hydroxylation sites is 1. The third-order valence-electron chi connectivity index (χ3n) is 6.51. The van der Waals surface area contributed by atoms with Gasteiger partial charge in [-0.1, -0.05) is 64.2 Å². The Bertz CT molecular complexity index is 1040. The van der Waals surface area contributed by atoms with Crippen LogP contribution in [0.25, 0.3) is 0 Å². The standard InChI is InChI=1S/C28H38N2O4/c1-18(2)8-5-9-19(3)10-6-11-20(4)14-15-30-23-16-21(31)17-25(33)27(23)29-26-22(28(30)34)12-7-13-24(26)32/h7,12-14,16-19,29,31-33H,5-6,8-11,15H2,1-4H3. The Hall–Kier alpha value is -3.15. The van der Waals surface area contributed by atoms with Crippen molar-refractivity contribution in [2.45, 2.75) is 66.2 Å². The van der Waals surface area contributed by atoms with Crippen molar-refractivity contribution in [2.75, 3.05) is 16.8 Å². The molecule has 4 N–H and O–H groups in total. The van der Waals surface area contributed by atoms with Crippen LogP contribution in [0.5, 0.6) is 17.2 Å². The predicted octanol–water partition coefficient (Wildman–Crippen LogP) is 7.09. The van der Waals surface area contributed by atoms with Crippen molar-refractivity contribution in [1.82, 2.24) is 0 Å². The Kier molecular flexibility index (Phi) is 8.48. The Morgan fingerprint density at radius 1 is 1.00 bits per heavy atom. The normalized spacial score (nSPS) is 14.4. The first-order chi connectivity index (χ1) is 16.2. The van der Waals surface area contributed by atoms with Gasteiger partial charge in [0.2, 0.25) is 0 Å². The zero-order chi connectivity index (χ0) is 24.8. The molecule has 0 fully saturated rings. The molecule has 1 heterocycles. The van der Waals surface area contributed by atoms with Gasteiger partial charge in [-0.3, -0.25) is 4.79 Å². The van der Waals surface area contributed by atoms with Crippen LogP contribution in [0.15, 0.2) is 42.0 Å². The van der Waals surface area contributed by atoms with Gasteiger partial charge >= 0.3 is 0 Å². The van der Waals surface area contributed by atoms with Gasteiger partial charge in [-0.2, -0.15) is 0 Å². The number of phenols is 3. The van der Waals surface area contributed by atoms with Crippen LogP contribution in [0.1, 0.15) is 76.6 Å². The zero-order valence-corrected chi connectivity index (χ0v) is 20.8. The van der Waals surface area contributed by atoms with E-state index >= 15 is 0 Å². The molecule has 1 unspecified atom stereocenters. The molecule has 1 aliphatic rings. The highest BCUT2D eigenvalue weighted by Gasteiger charge is 2.29. The minimum Gasteiger partial charge on any atom is -0.508 e. The Balaban J connectivity index is 1.73. The lowest BCUT2D eigenvalue weighted by Crippen LogP contribution is -2.30. The van der Waals surface area contributed by atoms with Crippen molar-refractivity contribution in [2.24, 2.45) is 11.8 Å². The van der Waals surface area contributed by atoms with Gasteiger partial charge in [0, 0.05) is 18.7 Å². The number of amides is 1. The number of nitrogens with zero attached hydrogens (tertiary/aromatic N) is 1. The van der Waals surface area contributed by atoms with E-state index in [9.17, 15) is 20.1 Å². The lowest BCUT2D eigenvalue weighted by molar-refractivity contribution is 0.0991. The summed E-state index contributed by atoms with van der Waals surface area (Å²) in [5.41, 5.74) is 2.37. The number of carbonyl (C=O) groups excluding carboxylic acids is 1. The van der Waals surface area contributed by atoms with Crippen LogP contribution >= 0.6 is 0 Å². The highest BCUT2D eigenvalue weighted by atomic mass is 16.3. The molecule has 1 amide bonds. The van der Waals surface area contributed by atoms with Crippen LogP contribution in [-0.2, 0) is 0 Å². The fourth-order valence-electron chi connectivity index (χ4n) is 4.45. The number of allylic oxidation sites excluding steroid dienone is 1. The fraction of sp³-hybridized carbons (Fsp3) is 0.464. The summed E-state index contributed by atoms with van der Waals surface area (Å²) in [6.45, 7) is 9.23. The summed E-state index contributed by atoms with van der Waals surface area (Å²) >= 11 is 0. The van der Waals surface area contributed by atoms with Crippen LogP contribution in [0.2, 0.25) is 0 Å². The highest BCUT2D eigenvalue weighted by Crippen LogP contribution is 2.45. The number of benzene rings is 2. The molecule has 6 heteroatoms. The monoisotopic (exact) mass is 466 g/mol. The van der Waals surface area contributed by atoms with Crippen molar-refractivity contribution >= 4 is 23.0 Å². The zero-order valence-electron chi connectivity index (χ0n) is 20.8. The molecule has 1 atom stereocenters. The number of hydrogen-bond donors (Lipinski definition) is 4. The van der Waals surface area contributed by atoms with Gasteiger partial charge < -0.3 is 25.5 Å². The second-order valence-electron chi connectivity index (χ2n) is 9.97. The molecule has 0 aliphatic carbocycles. The molecule has 3 rings (SSSR count). The molecule has 34 heavy (non-hydrogen) atoms. The van der Waals surface area contributed by atoms with Crippen molar-refractivity contribution in [3.63, 3.8) is 0 Å². The van der Waals surface area contributed by atoms with E-state index in [0.29, 0.717) is 23.7 Å². The number of nitrogens with one attached hydrogen (secondary N) is 1. The first-order valence-corrected chi connectivity index (χ1v) is 12.3. The van der Waals surface area contributed by atoms with E-state index in [0.717, 1.165) is 18.8 Å². The smallest absolute Gasteiger partial charge is 0.260 e. The number of fused-ring (bicyclic) bond motifs is 2. The van der Waals surface area contributed by atoms with Gasteiger partial charge in [-0.25, -0.2) is 0 Å². The van der Waals surface area contributed by atoms with Crippen molar-refractivity contribution in [3.05, 3.63) is 47.5 Å². The van der Waals surface area contributed by atoms with E-state index in [-0.39, 0.29) is 34.5 Å². The average molecular weight is 467 g/mol. The van der Waals surface area contributed by atoms with E-state index in [2.05, 4.69) is 33.0 Å². The maximum absolute atomic E-state index is 13.4. The van der Waals surface area contributed by atoms with Gasteiger partial charge in [0.1, 0.15) is 22.9 Å². The first-order valence-electron chi connectivity index (χ1n) is 12.3. The van der Waals surface area contributed by atoms with Crippen LogP contribution in [-0.4, -0.2) is 27.8 Å². The van der Waals surface area contributed by atoms with Crippen LogP contribution in [0, 0.1) is 11.8 Å². The number of phenolic OH excluding ortho intramolecular Hbond substituents is 3. The topological polar surface area (TPSA) is 93.0 Å². The Morgan fingerprint density at radius 2 is 1.74 bits per heavy atom. The minimum absolute atomic E-state index is 0.0830. The van der Waals surface area contributed by atoms with Gasteiger partial charge in [0.15, 0.2) is 0 Å². The van der Waals surface area contributed by atoms with Crippen LogP contribution in [0.3, 0.4) is 0 Å². The maximum atomic E-state index is 13.4. The quantitative estimate of drug-likeness (QED) is 0.170. The number of carbonyl (C=O) groups is 1. The lowest BCUT2D eigenvalue weighted by Gasteiger charge is -2.22. The molecule has 0 spiro atoms. The molecule has 0 saturated heterocycles. The molecule has 6 nitrogen and oxygen atoms in total. The lowest BCUT2D eigenvalue weighted by atomic mass is 9.94. The number of aromatic hydroxyl groups is 3. The minimum atomic E-state index is -0.315. The van der Waals surface area contributed by atoms with Crippen molar-refractivity contribution in [3.8, 4) is 17.2 Å². The van der Waals surface area contributed by atoms with Crippen LogP contribution < -0.4 is 10.2 Å². The summed E-state index contributed by atoms with van der Waals surface area (Å²) in [4.78, 5) is 14.9. The summed E-state index contributed by atoms with van der Waals surface area (Å²) in [5, 5.41) is 33.9. The van der Waals surface area contributed by atoms with Crippen molar-refractivity contribution in [1.29, 1.82) is 0 Å². The summed E-state index contributed by atoms with van der Waals surface area (Å²) in [5.74, 6) is 0.741. The van der Waals surface area contributed by atoms with Gasteiger partial charge in [-0.05, 0) is 43.7 Å². The molecule has 0 saturated carbocycles. The SMILES string of the molecule is CC(=CCN1C(=O)c2cccc(O)c2Nc2c(O)cc(O)cc21)CCCC(C)CCCC(C)C. The molecule has 184 valence electrons. The van der Waals surface area contributed by atoms with Gasteiger partial charge in [0.05, 0.1) is 16.9 Å². The average Bonchev–Trinajstić information content (AvgIpc) is 2.87. The highest BCUT2D eigenvalue weighted by molar-refractivity contribution is 6.15. The largest absolute Gasteiger partial charge is 0.508 e. The molecular weight excluding hydrogens is 428 g/mol. The van der Waals surface area contributed by atoms with Gasteiger partial charge in [0.25, 0.3) is 5.91 Å². The van der Waals surface area contributed by atoms with Crippen molar-refractivity contribution < 1.29 is 20.1 Å². The molecule has 1 aliphatic heterocycles. The number of anilines is 3. The van der Waals surface area contributed by atoms with E-state index in [4.69, 9.17) is 0 Å². The number of rotatable bonds is 10. The summed E-state index contributed by atoms with van der Waals surface area (Å²) < 4.78 is 0. The van der Waals surface area contributed by atoms with Gasteiger partial charge in [-0.15, -0.1) is 0 Å². The molecular formula is C28H38N2O4. The molecule has 0 radical (unpaired) electrons. The Morgan fingerprint density at radius 3 is 2.47 bits per heavy atom. The second kappa shape index (κ2) is 11.3. The third-order valence-corrected chi connectivity index (χ3v) is 6.51. The molecule has 2 aromatic rings. The summed E-state index contributed by atoms with van der Waals surface area (Å²) in [6.07, 6.45) is 9.13. The van der Waals surface area contributed by atoms with E-state index < -0.39 is 0 Å². The van der Waals surface area contributed by atoms with Crippen LogP contribution in [0.4, 0.5) is 17.1 Å². The predicted molar refractivity (Wildman–Crippen MR) is 138 cm³/mol. The summed E-state index contributed by atoms with van der Waals surface area (Å²) in [6, 6.07) is 7.40. The third kappa shape index (κ3) is 6.25. The second-order valence-corrected chi connectivity index (χ2v) is 9.97. The molecule has 0 bridgehead atoms. The molecule has 2 aromatic carbocycles. The maximum Gasteiger partial charge on any atom is 0.260 e.